The van der Waals surface area contributed by atoms with Crippen molar-refractivity contribution >= 4 is 0 Å². The maximum absolute atomic E-state index is 9.35. The molecule has 0 spiro atoms. The number of unbranched alkanes of at least 4 members (excludes halogenated alkanes) is 15. The minimum Gasteiger partial charge on any atom is -0.493 e. The number of aliphatic hydroxyl groups is 1. The summed E-state index contributed by atoms with van der Waals surface area (Å²) in [5.74, 6) is 1.85. The highest BCUT2D eigenvalue weighted by molar-refractivity contribution is 5.53. The van der Waals surface area contributed by atoms with Crippen LogP contribution in [0.2, 0.25) is 0 Å². The predicted octanol–water partition coefficient (Wildman–Crippen LogP) is 7.84. The van der Waals surface area contributed by atoms with Crippen LogP contribution in [0, 0.1) is 0 Å². The summed E-state index contributed by atoms with van der Waals surface area (Å²) < 4.78 is 16.7. The maximum atomic E-state index is 9.35. The minimum atomic E-state index is -0.0495. The van der Waals surface area contributed by atoms with Gasteiger partial charge >= 0.3 is 0 Å². The zero-order valence-corrected chi connectivity index (χ0v) is 20.6. The van der Waals surface area contributed by atoms with E-state index in [9.17, 15) is 5.11 Å². The highest BCUT2D eigenvalue weighted by Gasteiger charge is 2.13. The lowest BCUT2D eigenvalue weighted by Gasteiger charge is -2.15. The van der Waals surface area contributed by atoms with E-state index in [0.29, 0.717) is 23.9 Å². The van der Waals surface area contributed by atoms with Crippen molar-refractivity contribution in [2.24, 2.45) is 0 Å². The molecule has 0 aliphatic carbocycles. The van der Waals surface area contributed by atoms with Gasteiger partial charge in [0.1, 0.15) is 0 Å². The summed E-state index contributed by atoms with van der Waals surface area (Å²) in [4.78, 5) is 0. The monoisotopic (exact) mass is 436 g/mol. The van der Waals surface area contributed by atoms with Crippen molar-refractivity contribution in [3.8, 4) is 17.2 Å². The van der Waals surface area contributed by atoms with Gasteiger partial charge in [-0.15, -0.1) is 0 Å². The Balaban J connectivity index is 1.98. The van der Waals surface area contributed by atoms with Gasteiger partial charge in [0.2, 0.25) is 5.75 Å². The molecular formula is C27H48O4. The highest BCUT2D eigenvalue weighted by Crippen LogP contribution is 2.38. The third kappa shape index (κ3) is 12.9. The first kappa shape index (κ1) is 27.6. The number of hydrogen-bond acceptors (Lipinski definition) is 4. The fourth-order valence-electron chi connectivity index (χ4n) is 3.99. The van der Waals surface area contributed by atoms with Crippen LogP contribution >= 0.6 is 0 Å². The molecule has 1 rings (SSSR count). The molecule has 0 aromatic heterocycles. The molecule has 0 bridgehead atoms. The lowest BCUT2D eigenvalue weighted by molar-refractivity contribution is 0.261. The smallest absolute Gasteiger partial charge is 0.203 e. The van der Waals surface area contributed by atoms with Crippen LogP contribution in [0.5, 0.6) is 17.2 Å². The summed E-state index contributed by atoms with van der Waals surface area (Å²) in [6.45, 7) is 2.89. The van der Waals surface area contributed by atoms with Crippen LogP contribution in [0.4, 0.5) is 0 Å². The van der Waals surface area contributed by atoms with E-state index in [1.807, 2.05) is 0 Å². The second-order valence-corrected chi connectivity index (χ2v) is 8.64. The molecule has 0 aliphatic rings. The molecule has 1 N–H and O–H groups in total. The van der Waals surface area contributed by atoms with Gasteiger partial charge in [-0.05, 0) is 24.1 Å². The topological polar surface area (TPSA) is 47.9 Å². The largest absolute Gasteiger partial charge is 0.493 e. The van der Waals surface area contributed by atoms with Crippen molar-refractivity contribution in [2.45, 2.75) is 116 Å². The van der Waals surface area contributed by atoms with E-state index in [1.54, 1.807) is 26.4 Å². The van der Waals surface area contributed by atoms with Gasteiger partial charge in [0.25, 0.3) is 0 Å². The van der Waals surface area contributed by atoms with Crippen molar-refractivity contribution in [2.75, 3.05) is 20.8 Å². The first-order valence-electron chi connectivity index (χ1n) is 12.7. The Hall–Kier alpha value is -1.42. The van der Waals surface area contributed by atoms with Crippen molar-refractivity contribution < 1.29 is 19.3 Å². The van der Waals surface area contributed by atoms with Crippen molar-refractivity contribution in [3.63, 3.8) is 0 Å². The molecule has 0 fully saturated rings. The molecule has 0 saturated heterocycles. The zero-order valence-electron chi connectivity index (χ0n) is 20.6. The average Bonchev–Trinajstić information content (AvgIpc) is 2.80. The highest BCUT2D eigenvalue weighted by atomic mass is 16.5. The lowest BCUT2D eigenvalue weighted by Crippen LogP contribution is -2.02. The first-order chi connectivity index (χ1) is 15.3. The number of benzene rings is 1. The maximum Gasteiger partial charge on any atom is 0.203 e. The number of rotatable bonds is 21. The summed E-state index contributed by atoms with van der Waals surface area (Å²) in [5, 5.41) is 9.35. The first-order valence-corrected chi connectivity index (χ1v) is 12.7. The van der Waals surface area contributed by atoms with Crippen LogP contribution in [-0.2, 0) is 6.61 Å². The molecular weight excluding hydrogens is 388 g/mol. The molecule has 4 nitrogen and oxygen atoms in total. The quantitative estimate of drug-likeness (QED) is 0.199. The van der Waals surface area contributed by atoms with Crippen molar-refractivity contribution in [3.05, 3.63) is 17.7 Å². The summed E-state index contributed by atoms with van der Waals surface area (Å²) in [6.07, 6.45) is 21.8. The van der Waals surface area contributed by atoms with Crippen LogP contribution in [0.1, 0.15) is 115 Å². The number of methoxy groups -OCH3 is 2. The molecule has 0 amide bonds. The second kappa shape index (κ2) is 19.3. The van der Waals surface area contributed by atoms with Gasteiger partial charge in [-0.3, -0.25) is 0 Å². The molecule has 0 saturated carbocycles. The third-order valence-corrected chi connectivity index (χ3v) is 5.95. The fourth-order valence-corrected chi connectivity index (χ4v) is 3.99. The Morgan fingerprint density at radius 3 is 1.35 bits per heavy atom. The van der Waals surface area contributed by atoms with E-state index < -0.39 is 0 Å². The van der Waals surface area contributed by atoms with Crippen LogP contribution < -0.4 is 14.2 Å². The number of aliphatic hydroxyl groups excluding tert-OH is 1. The molecule has 4 heteroatoms. The molecule has 0 atom stereocenters. The van der Waals surface area contributed by atoms with E-state index in [2.05, 4.69) is 6.92 Å². The Kier molecular flexibility index (Phi) is 17.2. The van der Waals surface area contributed by atoms with Gasteiger partial charge in [0.05, 0.1) is 27.4 Å². The lowest BCUT2D eigenvalue weighted by atomic mass is 10.0. The summed E-state index contributed by atoms with van der Waals surface area (Å²) in [5.41, 5.74) is 0.753. The van der Waals surface area contributed by atoms with Gasteiger partial charge in [0, 0.05) is 0 Å². The third-order valence-electron chi connectivity index (χ3n) is 5.95. The molecule has 0 radical (unpaired) electrons. The average molecular weight is 437 g/mol. The number of hydrogen-bond donors (Lipinski definition) is 1. The molecule has 0 unspecified atom stereocenters. The van der Waals surface area contributed by atoms with Crippen LogP contribution in [0.3, 0.4) is 0 Å². The van der Waals surface area contributed by atoms with Crippen molar-refractivity contribution in [1.29, 1.82) is 0 Å². The SMILES string of the molecule is CCCCCCCCCCCCCCCCCCOc1c(OC)cc(CO)cc1OC. The summed E-state index contributed by atoms with van der Waals surface area (Å²) in [7, 11) is 3.22. The summed E-state index contributed by atoms with van der Waals surface area (Å²) >= 11 is 0. The Labute approximate surface area is 191 Å². The molecule has 1 aromatic carbocycles. The molecule has 180 valence electrons. The Morgan fingerprint density at radius 1 is 0.613 bits per heavy atom. The normalized spacial score (nSPS) is 11.0. The standard InChI is InChI=1S/C27H48O4/c1-4-5-6-7-8-9-10-11-12-13-14-15-16-17-18-19-20-31-27-25(29-2)21-24(23-28)22-26(27)30-3/h21-22,28H,4-20,23H2,1-3H3. The van der Waals surface area contributed by atoms with E-state index in [0.717, 1.165) is 12.0 Å². The van der Waals surface area contributed by atoms with Crippen LogP contribution in [-0.4, -0.2) is 25.9 Å². The second-order valence-electron chi connectivity index (χ2n) is 8.64. The number of ether oxygens (including phenoxy) is 3. The van der Waals surface area contributed by atoms with Gasteiger partial charge in [-0.2, -0.15) is 0 Å². The predicted molar refractivity (Wildman–Crippen MR) is 131 cm³/mol. The van der Waals surface area contributed by atoms with Crippen LogP contribution in [0.15, 0.2) is 12.1 Å². The van der Waals surface area contributed by atoms with Gasteiger partial charge in [-0.1, -0.05) is 103 Å². The zero-order chi connectivity index (χ0) is 22.6. The van der Waals surface area contributed by atoms with Gasteiger partial charge in [0.15, 0.2) is 11.5 Å². The van der Waals surface area contributed by atoms with E-state index in [1.165, 1.54) is 96.3 Å². The molecule has 31 heavy (non-hydrogen) atoms. The Bertz CT molecular complexity index is 519. The van der Waals surface area contributed by atoms with E-state index in [-0.39, 0.29) is 6.61 Å². The van der Waals surface area contributed by atoms with Crippen molar-refractivity contribution in [1.82, 2.24) is 0 Å². The van der Waals surface area contributed by atoms with E-state index in [4.69, 9.17) is 14.2 Å². The minimum absolute atomic E-state index is 0.0495. The van der Waals surface area contributed by atoms with Crippen LogP contribution in [0.25, 0.3) is 0 Å². The summed E-state index contributed by atoms with van der Waals surface area (Å²) in [6, 6.07) is 3.59. The Morgan fingerprint density at radius 2 is 1.00 bits per heavy atom. The van der Waals surface area contributed by atoms with E-state index >= 15 is 0 Å². The van der Waals surface area contributed by atoms with Gasteiger partial charge in [-0.25, -0.2) is 0 Å². The molecule has 1 aromatic rings. The molecule has 0 aliphatic heterocycles. The van der Waals surface area contributed by atoms with Gasteiger partial charge < -0.3 is 19.3 Å². The molecule has 0 heterocycles. The fraction of sp³-hybridized carbons (Fsp3) is 0.778.